The lowest BCUT2D eigenvalue weighted by Gasteiger charge is -2.36. The second-order valence-electron chi connectivity index (χ2n) is 6.22. The fourth-order valence-electron chi connectivity index (χ4n) is 3.35. The molecule has 3 unspecified atom stereocenters. The highest BCUT2D eigenvalue weighted by molar-refractivity contribution is 9.10. The Morgan fingerprint density at radius 3 is 2.80 bits per heavy atom. The van der Waals surface area contributed by atoms with Crippen molar-refractivity contribution in [2.75, 3.05) is 6.54 Å². The summed E-state index contributed by atoms with van der Waals surface area (Å²) >= 11 is 3.39. The zero-order chi connectivity index (χ0) is 14.5. The van der Waals surface area contributed by atoms with Gasteiger partial charge in [0.1, 0.15) is 5.82 Å². The van der Waals surface area contributed by atoms with E-state index in [4.69, 9.17) is 0 Å². The minimum Gasteiger partial charge on any atom is -0.314 e. The first-order valence-corrected chi connectivity index (χ1v) is 8.56. The van der Waals surface area contributed by atoms with Crippen molar-refractivity contribution in [3.63, 3.8) is 0 Å². The minimum absolute atomic E-state index is 0.142. The number of halogens is 2. The highest BCUT2D eigenvalue weighted by Gasteiger charge is 2.28. The Hall–Kier alpha value is -0.410. The van der Waals surface area contributed by atoms with E-state index in [1.54, 1.807) is 6.07 Å². The van der Waals surface area contributed by atoms with E-state index in [9.17, 15) is 4.39 Å². The van der Waals surface area contributed by atoms with Crippen molar-refractivity contribution >= 4 is 15.9 Å². The lowest BCUT2D eigenvalue weighted by Crippen LogP contribution is -2.41. The summed E-state index contributed by atoms with van der Waals surface area (Å²) in [5.74, 6) is 1.27. The Bertz CT molecular complexity index is 413. The molecule has 1 aromatic rings. The summed E-state index contributed by atoms with van der Waals surface area (Å²) in [6, 6.07) is 5.85. The van der Waals surface area contributed by atoms with Crippen molar-refractivity contribution in [1.29, 1.82) is 0 Å². The molecule has 0 radical (unpaired) electrons. The van der Waals surface area contributed by atoms with Crippen LogP contribution in [-0.4, -0.2) is 12.6 Å². The summed E-state index contributed by atoms with van der Waals surface area (Å²) in [5, 5.41) is 3.69. The second kappa shape index (κ2) is 7.56. The van der Waals surface area contributed by atoms with Gasteiger partial charge < -0.3 is 5.32 Å². The van der Waals surface area contributed by atoms with Crippen LogP contribution >= 0.6 is 15.9 Å². The summed E-state index contributed by atoms with van der Waals surface area (Å²) in [5.41, 5.74) is 1.11. The summed E-state index contributed by atoms with van der Waals surface area (Å²) in [6.07, 6.45) is 5.95. The number of benzene rings is 1. The summed E-state index contributed by atoms with van der Waals surface area (Å²) in [6.45, 7) is 5.63. The summed E-state index contributed by atoms with van der Waals surface area (Å²) < 4.78 is 14.4. The SMILES string of the molecule is CCCNC1CCC(C)CC1Cc1cc(F)cc(Br)c1. The van der Waals surface area contributed by atoms with Crippen molar-refractivity contribution < 1.29 is 4.39 Å². The maximum Gasteiger partial charge on any atom is 0.124 e. The minimum atomic E-state index is -0.142. The van der Waals surface area contributed by atoms with Crippen LogP contribution in [0.2, 0.25) is 0 Å². The molecule has 112 valence electrons. The standard InChI is InChI=1S/C17H25BrFN/c1-3-6-20-17-5-4-12(2)7-14(17)8-13-9-15(18)11-16(19)10-13/h9-12,14,17,20H,3-8H2,1-2H3. The van der Waals surface area contributed by atoms with E-state index < -0.39 is 0 Å². The molecule has 1 fully saturated rings. The number of nitrogens with one attached hydrogen (secondary N) is 1. The average Bonchev–Trinajstić information content (AvgIpc) is 2.36. The normalized spacial score (nSPS) is 26.7. The monoisotopic (exact) mass is 341 g/mol. The number of hydrogen-bond donors (Lipinski definition) is 1. The first-order chi connectivity index (χ1) is 9.58. The van der Waals surface area contributed by atoms with Crippen molar-refractivity contribution in [2.45, 2.75) is 52.0 Å². The van der Waals surface area contributed by atoms with Gasteiger partial charge in [0.15, 0.2) is 0 Å². The smallest absolute Gasteiger partial charge is 0.124 e. The van der Waals surface area contributed by atoms with Crippen LogP contribution < -0.4 is 5.32 Å². The molecule has 20 heavy (non-hydrogen) atoms. The zero-order valence-corrected chi connectivity index (χ0v) is 14.0. The Kier molecular flexibility index (Phi) is 6.03. The Morgan fingerprint density at radius 1 is 1.30 bits per heavy atom. The van der Waals surface area contributed by atoms with E-state index >= 15 is 0 Å². The molecule has 1 N–H and O–H groups in total. The highest BCUT2D eigenvalue weighted by Crippen LogP contribution is 2.32. The van der Waals surface area contributed by atoms with Crippen LogP contribution in [0.5, 0.6) is 0 Å². The molecule has 3 atom stereocenters. The quantitative estimate of drug-likeness (QED) is 0.800. The molecular weight excluding hydrogens is 317 g/mol. The van der Waals surface area contributed by atoms with Gasteiger partial charge in [-0.2, -0.15) is 0 Å². The Balaban J connectivity index is 2.06. The van der Waals surface area contributed by atoms with E-state index in [0.29, 0.717) is 12.0 Å². The van der Waals surface area contributed by atoms with Gasteiger partial charge in [-0.15, -0.1) is 0 Å². The van der Waals surface area contributed by atoms with Crippen molar-refractivity contribution in [3.8, 4) is 0 Å². The molecule has 3 heteroatoms. The molecule has 1 aliphatic rings. The van der Waals surface area contributed by atoms with E-state index in [0.717, 1.165) is 28.9 Å². The van der Waals surface area contributed by atoms with Crippen LogP contribution in [0.25, 0.3) is 0 Å². The van der Waals surface area contributed by atoms with E-state index in [1.807, 2.05) is 0 Å². The molecule has 1 saturated carbocycles. The lowest BCUT2D eigenvalue weighted by molar-refractivity contribution is 0.212. The van der Waals surface area contributed by atoms with Gasteiger partial charge in [-0.05, 0) is 74.2 Å². The second-order valence-corrected chi connectivity index (χ2v) is 7.14. The topological polar surface area (TPSA) is 12.0 Å². The molecule has 0 aromatic heterocycles. The fraction of sp³-hybridized carbons (Fsp3) is 0.647. The van der Waals surface area contributed by atoms with Gasteiger partial charge in [-0.25, -0.2) is 4.39 Å². The van der Waals surface area contributed by atoms with Gasteiger partial charge in [0.2, 0.25) is 0 Å². The first-order valence-electron chi connectivity index (χ1n) is 7.76. The van der Waals surface area contributed by atoms with Crippen LogP contribution in [0, 0.1) is 17.7 Å². The van der Waals surface area contributed by atoms with Crippen LogP contribution in [-0.2, 0) is 6.42 Å². The van der Waals surface area contributed by atoms with E-state index in [-0.39, 0.29) is 5.82 Å². The van der Waals surface area contributed by atoms with Crippen molar-refractivity contribution in [3.05, 3.63) is 34.1 Å². The average molecular weight is 342 g/mol. The van der Waals surface area contributed by atoms with Crippen molar-refractivity contribution in [1.82, 2.24) is 5.32 Å². The first kappa shape index (κ1) is 16.0. The zero-order valence-electron chi connectivity index (χ0n) is 12.5. The number of hydrogen-bond acceptors (Lipinski definition) is 1. The van der Waals surface area contributed by atoms with Gasteiger partial charge >= 0.3 is 0 Å². The third-order valence-corrected chi connectivity index (χ3v) is 4.78. The van der Waals surface area contributed by atoms with Gasteiger partial charge in [0.25, 0.3) is 0 Å². The molecule has 0 aliphatic heterocycles. The fourth-order valence-corrected chi connectivity index (χ4v) is 3.87. The molecular formula is C17H25BrFN. The van der Waals surface area contributed by atoms with Crippen LogP contribution in [0.15, 0.2) is 22.7 Å². The number of rotatable bonds is 5. The lowest BCUT2D eigenvalue weighted by atomic mass is 9.76. The summed E-state index contributed by atoms with van der Waals surface area (Å²) in [7, 11) is 0. The highest BCUT2D eigenvalue weighted by atomic mass is 79.9. The molecule has 1 nitrogen and oxygen atoms in total. The van der Waals surface area contributed by atoms with E-state index in [2.05, 4.69) is 41.2 Å². The van der Waals surface area contributed by atoms with Crippen LogP contribution in [0.4, 0.5) is 4.39 Å². The third-order valence-electron chi connectivity index (χ3n) is 4.32. The van der Waals surface area contributed by atoms with Crippen LogP contribution in [0.1, 0.15) is 45.1 Å². The molecule has 0 saturated heterocycles. The molecule has 0 bridgehead atoms. The van der Waals surface area contributed by atoms with Gasteiger partial charge in [-0.3, -0.25) is 0 Å². The molecule has 0 spiro atoms. The predicted molar refractivity (Wildman–Crippen MR) is 86.4 cm³/mol. The Morgan fingerprint density at radius 2 is 2.10 bits per heavy atom. The molecule has 0 amide bonds. The van der Waals surface area contributed by atoms with Crippen molar-refractivity contribution in [2.24, 2.45) is 11.8 Å². The largest absolute Gasteiger partial charge is 0.314 e. The predicted octanol–water partition coefficient (Wildman–Crippen LogP) is 4.94. The maximum absolute atomic E-state index is 13.5. The van der Waals surface area contributed by atoms with Gasteiger partial charge in [0, 0.05) is 10.5 Å². The Labute approximate surface area is 130 Å². The molecule has 2 rings (SSSR count). The molecule has 1 aliphatic carbocycles. The third kappa shape index (κ3) is 4.56. The molecule has 0 heterocycles. The summed E-state index contributed by atoms with van der Waals surface area (Å²) in [4.78, 5) is 0. The molecule has 1 aromatic carbocycles. The van der Waals surface area contributed by atoms with E-state index in [1.165, 1.54) is 31.7 Å². The van der Waals surface area contributed by atoms with Crippen LogP contribution in [0.3, 0.4) is 0 Å². The van der Waals surface area contributed by atoms with Gasteiger partial charge in [-0.1, -0.05) is 29.8 Å². The van der Waals surface area contributed by atoms with Gasteiger partial charge in [0.05, 0.1) is 0 Å². The maximum atomic E-state index is 13.5.